The van der Waals surface area contributed by atoms with Crippen molar-refractivity contribution in [3.05, 3.63) is 12.2 Å². The number of esters is 2. The fraction of sp³-hybridized carbons (Fsp3) is 0.839. The van der Waals surface area contributed by atoms with E-state index in [0.717, 1.165) is 70.6 Å². The van der Waals surface area contributed by atoms with Gasteiger partial charge in [-0.3, -0.25) is 23.4 Å². The van der Waals surface area contributed by atoms with Gasteiger partial charge in [-0.05, 0) is 38.5 Å². The van der Waals surface area contributed by atoms with E-state index >= 15 is 0 Å². The van der Waals surface area contributed by atoms with Crippen LogP contribution in [0, 0.1) is 0 Å². The number of carbonyl (C=O) groups excluding carboxylic acids is 2. The van der Waals surface area contributed by atoms with Gasteiger partial charge < -0.3 is 25.2 Å². The first kappa shape index (κ1) is 41.2. The number of hydrogen-bond donors (Lipinski definition) is 3. The van der Waals surface area contributed by atoms with Crippen LogP contribution in [0.3, 0.4) is 0 Å². The van der Waals surface area contributed by atoms with Gasteiger partial charge in [0.05, 0.1) is 13.2 Å². The van der Waals surface area contributed by atoms with Crippen LogP contribution < -0.4 is 5.73 Å². The maximum atomic E-state index is 12.4. The second-order valence-corrected chi connectivity index (χ2v) is 12.4. The van der Waals surface area contributed by atoms with Crippen LogP contribution in [0.1, 0.15) is 136 Å². The van der Waals surface area contributed by atoms with Crippen LogP contribution in [-0.2, 0) is 37.5 Å². The largest absolute Gasteiger partial charge is 0.480 e. The molecule has 0 aromatic carbocycles. The predicted molar refractivity (Wildman–Crippen MR) is 166 cm³/mol. The Hall–Kier alpha value is -1.78. The second-order valence-electron chi connectivity index (χ2n) is 10.9. The molecule has 0 aliphatic carbocycles. The number of carbonyl (C=O) groups is 3. The van der Waals surface area contributed by atoms with Crippen molar-refractivity contribution in [2.75, 3.05) is 19.8 Å². The summed E-state index contributed by atoms with van der Waals surface area (Å²) in [6.45, 7) is 2.66. The van der Waals surface area contributed by atoms with Gasteiger partial charge in [0, 0.05) is 12.8 Å². The number of unbranched alkanes of at least 4 members (excludes halogenated alkanes) is 14. The Bertz CT molecular complexity index is 807. The van der Waals surface area contributed by atoms with Crippen molar-refractivity contribution in [3.63, 3.8) is 0 Å². The smallest absolute Gasteiger partial charge is 0.472 e. The van der Waals surface area contributed by atoms with E-state index in [1.807, 2.05) is 0 Å². The van der Waals surface area contributed by atoms with E-state index in [1.165, 1.54) is 25.7 Å². The highest BCUT2D eigenvalue weighted by atomic mass is 31.2. The molecule has 0 bridgehead atoms. The van der Waals surface area contributed by atoms with E-state index in [1.54, 1.807) is 0 Å². The minimum absolute atomic E-state index is 0.153. The van der Waals surface area contributed by atoms with Gasteiger partial charge >= 0.3 is 25.7 Å². The zero-order valence-electron chi connectivity index (χ0n) is 26.6. The zero-order valence-corrected chi connectivity index (χ0v) is 27.4. The van der Waals surface area contributed by atoms with Gasteiger partial charge in [-0.15, -0.1) is 0 Å². The molecule has 11 nitrogen and oxygen atoms in total. The number of aliphatic carboxylic acids is 1. The molecule has 0 fully saturated rings. The normalized spacial score (nSPS) is 14.3. The summed E-state index contributed by atoms with van der Waals surface area (Å²) in [5.74, 6) is -2.40. The van der Waals surface area contributed by atoms with Gasteiger partial charge in [-0.25, -0.2) is 4.57 Å². The van der Waals surface area contributed by atoms with E-state index in [2.05, 4.69) is 30.5 Å². The van der Waals surface area contributed by atoms with Crippen molar-refractivity contribution >= 4 is 25.7 Å². The SMILES string of the molecule is CCCCCC/C=C\CCCCCCCC(=O)OC(COC(=O)CCCCCCCC)COP(=O)(O)OCC(N)C(=O)O. The lowest BCUT2D eigenvalue weighted by atomic mass is 10.1. The third-order valence-electron chi connectivity index (χ3n) is 6.76. The number of phosphoric acid groups is 1. The molecular formula is C31H58NO10P. The Kier molecular flexibility index (Phi) is 26.6. The molecule has 0 aliphatic rings. The summed E-state index contributed by atoms with van der Waals surface area (Å²) < 4.78 is 32.2. The number of hydrogen-bond acceptors (Lipinski definition) is 9. The molecule has 252 valence electrons. The van der Waals surface area contributed by atoms with Crippen molar-refractivity contribution in [1.82, 2.24) is 0 Å². The van der Waals surface area contributed by atoms with E-state index < -0.39 is 51.1 Å². The van der Waals surface area contributed by atoms with Crippen LogP contribution in [-0.4, -0.2) is 59.9 Å². The molecule has 0 saturated heterocycles. The Labute approximate surface area is 258 Å². The maximum absolute atomic E-state index is 12.4. The number of allylic oxidation sites excluding steroid dienone is 2. The minimum Gasteiger partial charge on any atom is -0.480 e. The van der Waals surface area contributed by atoms with Gasteiger partial charge in [-0.1, -0.05) is 96.6 Å². The summed E-state index contributed by atoms with van der Waals surface area (Å²) in [5.41, 5.74) is 5.28. The molecule has 0 amide bonds. The molecule has 0 aromatic heterocycles. The van der Waals surface area contributed by atoms with Gasteiger partial charge in [0.2, 0.25) is 0 Å². The zero-order chi connectivity index (χ0) is 32.2. The van der Waals surface area contributed by atoms with E-state index in [4.69, 9.17) is 24.8 Å². The Morgan fingerprint density at radius 2 is 1.16 bits per heavy atom. The lowest BCUT2D eigenvalue weighted by Crippen LogP contribution is -2.34. The monoisotopic (exact) mass is 635 g/mol. The first-order chi connectivity index (χ1) is 20.6. The van der Waals surface area contributed by atoms with Crippen LogP contribution in [0.15, 0.2) is 12.2 Å². The topological polar surface area (TPSA) is 172 Å². The average molecular weight is 636 g/mol. The van der Waals surface area contributed by atoms with Crippen molar-refractivity contribution in [2.45, 2.75) is 148 Å². The molecule has 4 N–H and O–H groups in total. The molecule has 0 aliphatic heterocycles. The fourth-order valence-electron chi connectivity index (χ4n) is 4.12. The summed E-state index contributed by atoms with van der Waals surface area (Å²) in [4.78, 5) is 45.3. The van der Waals surface area contributed by atoms with Crippen LogP contribution in [0.2, 0.25) is 0 Å². The van der Waals surface area contributed by atoms with Crippen LogP contribution in [0.5, 0.6) is 0 Å². The number of nitrogens with two attached hydrogens (primary N) is 1. The van der Waals surface area contributed by atoms with Crippen LogP contribution in [0.25, 0.3) is 0 Å². The van der Waals surface area contributed by atoms with Gasteiger partial charge in [-0.2, -0.15) is 0 Å². The molecule has 3 atom stereocenters. The summed E-state index contributed by atoms with van der Waals surface area (Å²) >= 11 is 0. The van der Waals surface area contributed by atoms with Crippen LogP contribution in [0.4, 0.5) is 0 Å². The van der Waals surface area contributed by atoms with Crippen molar-refractivity contribution < 1.29 is 47.5 Å². The summed E-state index contributed by atoms with van der Waals surface area (Å²) in [6, 6.07) is -1.52. The Balaban J connectivity index is 4.50. The highest BCUT2D eigenvalue weighted by Crippen LogP contribution is 2.43. The summed E-state index contributed by atoms with van der Waals surface area (Å²) in [6.07, 6.45) is 21.8. The number of phosphoric ester groups is 1. The standard InChI is InChI=1S/C31H58NO10P/c1-3-5-7-9-11-12-13-14-15-16-17-19-21-23-30(34)42-27(24-39-29(33)22-20-18-10-8-6-4-2)25-40-43(37,38)41-26-28(32)31(35)36/h12-13,27-28H,3-11,14-26,32H2,1-2H3,(H,35,36)(H,37,38)/b13-12-. The van der Waals surface area contributed by atoms with Gasteiger partial charge in [0.15, 0.2) is 6.10 Å². The second kappa shape index (κ2) is 27.7. The first-order valence-corrected chi connectivity index (χ1v) is 17.7. The Morgan fingerprint density at radius 1 is 0.698 bits per heavy atom. The molecule has 0 saturated carbocycles. The van der Waals surface area contributed by atoms with Crippen LogP contribution >= 0.6 is 7.82 Å². The van der Waals surface area contributed by atoms with Crippen molar-refractivity contribution in [1.29, 1.82) is 0 Å². The van der Waals surface area contributed by atoms with Gasteiger partial charge in [0.25, 0.3) is 0 Å². The molecule has 43 heavy (non-hydrogen) atoms. The van der Waals surface area contributed by atoms with E-state index in [0.29, 0.717) is 12.8 Å². The molecule has 0 aromatic rings. The summed E-state index contributed by atoms with van der Waals surface area (Å²) in [7, 11) is -4.69. The predicted octanol–water partition coefficient (Wildman–Crippen LogP) is 6.99. The third kappa shape index (κ3) is 27.5. The van der Waals surface area contributed by atoms with Crippen molar-refractivity contribution in [2.24, 2.45) is 5.73 Å². The van der Waals surface area contributed by atoms with E-state index in [9.17, 15) is 23.8 Å². The fourth-order valence-corrected chi connectivity index (χ4v) is 4.89. The third-order valence-corrected chi connectivity index (χ3v) is 7.71. The van der Waals surface area contributed by atoms with Crippen molar-refractivity contribution in [3.8, 4) is 0 Å². The number of carboxylic acid groups (broad SMARTS) is 1. The summed E-state index contributed by atoms with van der Waals surface area (Å²) in [5, 5.41) is 8.80. The molecule has 0 rings (SSSR count). The lowest BCUT2D eigenvalue weighted by molar-refractivity contribution is -0.161. The minimum atomic E-state index is -4.69. The molecule has 0 radical (unpaired) electrons. The Morgan fingerprint density at radius 3 is 1.72 bits per heavy atom. The number of rotatable bonds is 30. The number of carboxylic acids is 1. The quantitative estimate of drug-likeness (QED) is 0.0321. The highest BCUT2D eigenvalue weighted by Gasteiger charge is 2.28. The lowest BCUT2D eigenvalue weighted by Gasteiger charge is -2.20. The molecule has 12 heteroatoms. The van der Waals surface area contributed by atoms with Gasteiger partial charge in [0.1, 0.15) is 12.6 Å². The molecule has 3 unspecified atom stereocenters. The molecule has 0 heterocycles. The molecule has 0 spiro atoms. The first-order valence-electron chi connectivity index (χ1n) is 16.2. The highest BCUT2D eigenvalue weighted by molar-refractivity contribution is 7.47. The van der Waals surface area contributed by atoms with E-state index in [-0.39, 0.29) is 19.4 Å². The number of ether oxygens (including phenoxy) is 2. The average Bonchev–Trinajstić information content (AvgIpc) is 2.97. The maximum Gasteiger partial charge on any atom is 0.472 e. The molecular weight excluding hydrogens is 577 g/mol.